The van der Waals surface area contributed by atoms with E-state index in [1.54, 1.807) is 0 Å². The van der Waals surface area contributed by atoms with Crippen LogP contribution in [0, 0.1) is 5.92 Å². The quantitative estimate of drug-likeness (QED) is 0.148. The molecule has 2 aromatic carbocycles. The highest BCUT2D eigenvalue weighted by Gasteiger charge is 2.32. The molecule has 226 valence electrons. The molecule has 1 heterocycles. The molecule has 11 heteroatoms. The molecule has 10 nitrogen and oxygen atoms in total. The summed E-state index contributed by atoms with van der Waals surface area (Å²) in [6, 6.07) is 12.9. The van der Waals surface area contributed by atoms with Crippen LogP contribution in [0.25, 0.3) is 10.9 Å². The van der Waals surface area contributed by atoms with Gasteiger partial charge in [0.1, 0.15) is 18.1 Å². The zero-order chi connectivity index (χ0) is 30.6. The third-order valence-corrected chi connectivity index (χ3v) is 8.03. The van der Waals surface area contributed by atoms with E-state index in [0.717, 1.165) is 22.0 Å². The van der Waals surface area contributed by atoms with Crippen molar-refractivity contribution in [2.75, 3.05) is 12.0 Å². The van der Waals surface area contributed by atoms with Gasteiger partial charge in [-0.3, -0.25) is 14.4 Å². The molecule has 3 aromatic rings. The van der Waals surface area contributed by atoms with E-state index in [4.69, 9.17) is 5.73 Å². The van der Waals surface area contributed by atoms with Gasteiger partial charge < -0.3 is 31.8 Å². The zero-order valence-corrected chi connectivity index (χ0v) is 25.1. The van der Waals surface area contributed by atoms with E-state index in [-0.39, 0.29) is 25.2 Å². The summed E-state index contributed by atoms with van der Waals surface area (Å²) >= 11 is 1.48. The van der Waals surface area contributed by atoms with Crippen molar-refractivity contribution in [1.29, 1.82) is 0 Å². The molecular formula is C31H41N5O5S. The summed E-state index contributed by atoms with van der Waals surface area (Å²) in [6.07, 6.45) is 4.93. The molecule has 0 aliphatic rings. The molecule has 0 bridgehead atoms. The number of nitrogens with one attached hydrogen (secondary N) is 4. The Kier molecular flexibility index (Phi) is 12.4. The van der Waals surface area contributed by atoms with Crippen LogP contribution in [0.5, 0.6) is 0 Å². The molecule has 0 spiro atoms. The molecule has 5 unspecified atom stereocenters. The van der Waals surface area contributed by atoms with Crippen LogP contribution in [0.15, 0.2) is 60.8 Å². The fourth-order valence-corrected chi connectivity index (χ4v) is 5.15. The molecule has 0 saturated carbocycles. The van der Waals surface area contributed by atoms with Gasteiger partial charge in [-0.05, 0) is 48.0 Å². The van der Waals surface area contributed by atoms with Crippen molar-refractivity contribution in [1.82, 2.24) is 20.9 Å². The minimum atomic E-state index is -1.14. The van der Waals surface area contributed by atoms with E-state index in [9.17, 15) is 24.3 Å². The fraction of sp³-hybridized carbons (Fsp3) is 0.419. The molecule has 0 saturated heterocycles. The topological polar surface area (TPSA) is 166 Å². The number of carboxylic acids is 1. The van der Waals surface area contributed by atoms with Crippen LogP contribution in [-0.4, -0.2) is 70.0 Å². The van der Waals surface area contributed by atoms with Gasteiger partial charge in [-0.2, -0.15) is 11.8 Å². The van der Waals surface area contributed by atoms with Crippen LogP contribution in [0.2, 0.25) is 0 Å². The van der Waals surface area contributed by atoms with Crippen LogP contribution in [0.3, 0.4) is 0 Å². The molecule has 42 heavy (non-hydrogen) atoms. The first-order valence-corrected chi connectivity index (χ1v) is 15.5. The van der Waals surface area contributed by atoms with Crippen LogP contribution >= 0.6 is 11.8 Å². The fourth-order valence-electron chi connectivity index (χ4n) is 4.68. The predicted octanol–water partition coefficient (Wildman–Crippen LogP) is 2.62. The standard InChI is InChI=1S/C31H41N5O5S/c1-4-19(2)27(36-28(37)23(32)17-21-18-33-24-13-9-8-12-22(21)24)30(39)35-26(16-20-10-6-5-7-11-20)29(38)34-25(31(40)41)14-15-42-3/h5-13,18-19,23,25-27,33H,4,14-17,32H2,1-3H3,(H,34,38)(H,35,39)(H,36,37)(H,40,41). The van der Waals surface area contributed by atoms with Gasteiger partial charge in [0.2, 0.25) is 17.7 Å². The minimum Gasteiger partial charge on any atom is -0.480 e. The average Bonchev–Trinajstić information content (AvgIpc) is 3.39. The number of carbonyl (C=O) groups excluding carboxylic acids is 3. The Morgan fingerprint density at radius 2 is 1.57 bits per heavy atom. The monoisotopic (exact) mass is 595 g/mol. The highest BCUT2D eigenvalue weighted by molar-refractivity contribution is 7.98. The Hall–Kier alpha value is -3.83. The van der Waals surface area contributed by atoms with Gasteiger partial charge in [0.25, 0.3) is 0 Å². The Labute approximate surface area is 250 Å². The lowest BCUT2D eigenvalue weighted by molar-refractivity contribution is -0.142. The number of aliphatic carboxylic acids is 1. The molecule has 0 radical (unpaired) electrons. The van der Waals surface area contributed by atoms with Crippen molar-refractivity contribution in [3.63, 3.8) is 0 Å². The van der Waals surface area contributed by atoms with E-state index >= 15 is 0 Å². The van der Waals surface area contributed by atoms with Gasteiger partial charge in [0, 0.05) is 23.5 Å². The third kappa shape index (κ3) is 9.09. The average molecular weight is 596 g/mol. The molecule has 1 aromatic heterocycles. The summed E-state index contributed by atoms with van der Waals surface area (Å²) in [4.78, 5) is 55.1. The second-order valence-corrected chi connectivity index (χ2v) is 11.5. The number of hydrogen-bond acceptors (Lipinski definition) is 6. The second kappa shape index (κ2) is 16.0. The number of aromatic nitrogens is 1. The van der Waals surface area contributed by atoms with Crippen LogP contribution in [-0.2, 0) is 32.0 Å². The number of carbonyl (C=O) groups is 4. The molecule has 7 N–H and O–H groups in total. The summed E-state index contributed by atoms with van der Waals surface area (Å²) in [5.74, 6) is -2.48. The maximum Gasteiger partial charge on any atom is 0.326 e. The van der Waals surface area contributed by atoms with Crippen LogP contribution in [0.4, 0.5) is 0 Å². The maximum atomic E-state index is 13.6. The van der Waals surface area contributed by atoms with Crippen molar-refractivity contribution in [3.8, 4) is 0 Å². The number of para-hydroxylation sites is 1. The van der Waals surface area contributed by atoms with Crippen LogP contribution < -0.4 is 21.7 Å². The number of aromatic amines is 1. The van der Waals surface area contributed by atoms with Crippen molar-refractivity contribution in [2.45, 2.75) is 63.7 Å². The van der Waals surface area contributed by atoms with Gasteiger partial charge in [0.05, 0.1) is 6.04 Å². The Bertz CT molecular complexity index is 1350. The number of carboxylic acid groups (broad SMARTS) is 1. The molecule has 3 rings (SSSR count). The Morgan fingerprint density at radius 1 is 0.905 bits per heavy atom. The first kappa shape index (κ1) is 32.7. The van der Waals surface area contributed by atoms with Crippen molar-refractivity contribution >= 4 is 46.4 Å². The number of nitrogens with two attached hydrogens (primary N) is 1. The van der Waals surface area contributed by atoms with E-state index < -0.39 is 47.9 Å². The number of amides is 3. The van der Waals surface area contributed by atoms with Crippen molar-refractivity contribution in [2.24, 2.45) is 11.7 Å². The Balaban J connectivity index is 1.75. The summed E-state index contributed by atoms with van der Waals surface area (Å²) in [7, 11) is 0. The summed E-state index contributed by atoms with van der Waals surface area (Å²) in [5, 5.41) is 18.8. The molecule has 5 atom stereocenters. The second-order valence-electron chi connectivity index (χ2n) is 10.5. The SMILES string of the molecule is CCC(C)C(NC(=O)C(N)Cc1c[nH]c2ccccc12)C(=O)NC(Cc1ccccc1)C(=O)NC(CCSC)C(=O)O. The van der Waals surface area contributed by atoms with Gasteiger partial charge in [-0.15, -0.1) is 0 Å². The van der Waals surface area contributed by atoms with E-state index in [1.165, 1.54) is 11.8 Å². The largest absolute Gasteiger partial charge is 0.480 e. The smallest absolute Gasteiger partial charge is 0.326 e. The molecule has 0 fully saturated rings. The normalized spacial score (nSPS) is 14.8. The van der Waals surface area contributed by atoms with Gasteiger partial charge >= 0.3 is 5.97 Å². The van der Waals surface area contributed by atoms with Gasteiger partial charge in [0.15, 0.2) is 0 Å². The number of benzene rings is 2. The predicted molar refractivity (Wildman–Crippen MR) is 166 cm³/mol. The van der Waals surface area contributed by atoms with Crippen molar-refractivity contribution < 1.29 is 24.3 Å². The highest BCUT2D eigenvalue weighted by Crippen LogP contribution is 2.19. The lowest BCUT2D eigenvalue weighted by Crippen LogP contribution is -2.59. The van der Waals surface area contributed by atoms with E-state index in [1.807, 2.05) is 80.9 Å². The summed E-state index contributed by atoms with van der Waals surface area (Å²) < 4.78 is 0. The number of H-pyrrole nitrogens is 1. The Morgan fingerprint density at radius 3 is 2.24 bits per heavy atom. The first-order chi connectivity index (χ1) is 20.1. The van der Waals surface area contributed by atoms with Gasteiger partial charge in [-0.1, -0.05) is 68.8 Å². The number of hydrogen-bond donors (Lipinski definition) is 6. The molecule has 0 aliphatic carbocycles. The van der Waals surface area contributed by atoms with E-state index in [0.29, 0.717) is 12.2 Å². The molecule has 3 amide bonds. The molecular weight excluding hydrogens is 554 g/mol. The van der Waals surface area contributed by atoms with Crippen LogP contribution in [0.1, 0.15) is 37.8 Å². The summed E-state index contributed by atoms with van der Waals surface area (Å²) in [6.45, 7) is 3.74. The first-order valence-electron chi connectivity index (χ1n) is 14.1. The number of thioether (sulfide) groups is 1. The number of rotatable bonds is 16. The summed E-state index contributed by atoms with van der Waals surface area (Å²) in [5.41, 5.74) is 8.91. The lowest BCUT2D eigenvalue weighted by Gasteiger charge is -2.28. The maximum absolute atomic E-state index is 13.6. The van der Waals surface area contributed by atoms with Gasteiger partial charge in [-0.25, -0.2) is 4.79 Å². The zero-order valence-electron chi connectivity index (χ0n) is 24.3. The third-order valence-electron chi connectivity index (χ3n) is 7.39. The van der Waals surface area contributed by atoms with E-state index in [2.05, 4.69) is 20.9 Å². The van der Waals surface area contributed by atoms with Crippen molar-refractivity contribution in [3.05, 3.63) is 71.9 Å². The lowest BCUT2D eigenvalue weighted by atomic mass is 9.96. The molecule has 0 aliphatic heterocycles. The number of fused-ring (bicyclic) bond motifs is 1. The minimum absolute atomic E-state index is 0.147. The highest BCUT2D eigenvalue weighted by atomic mass is 32.2.